The molecule has 0 fully saturated rings. The number of aryl methyl sites for hydroxylation is 1. The number of carbonyl (C=O) groups excluding carboxylic acids is 1. The Morgan fingerprint density at radius 3 is 2.53 bits per heavy atom. The molecule has 0 spiro atoms. The molecule has 86 valence electrons. The summed E-state index contributed by atoms with van der Waals surface area (Å²) in [6.07, 6.45) is 2.44. The van der Waals surface area contributed by atoms with Crippen LogP contribution in [0, 0.1) is 6.92 Å². The number of para-hydroxylation sites is 1. The van der Waals surface area contributed by atoms with E-state index in [4.69, 9.17) is 0 Å². The third kappa shape index (κ3) is 2.33. The molecule has 17 heavy (non-hydrogen) atoms. The van der Waals surface area contributed by atoms with Crippen molar-refractivity contribution in [3.63, 3.8) is 0 Å². The van der Waals surface area contributed by atoms with E-state index in [-0.39, 0.29) is 0 Å². The maximum Gasteiger partial charge on any atom is 0.151 e. The Morgan fingerprint density at radius 2 is 1.94 bits per heavy atom. The van der Waals surface area contributed by atoms with Crippen LogP contribution in [0.2, 0.25) is 0 Å². The van der Waals surface area contributed by atoms with Crippen LogP contribution in [-0.2, 0) is 0 Å². The van der Waals surface area contributed by atoms with Crippen LogP contribution in [-0.4, -0.2) is 18.3 Å². The Morgan fingerprint density at radius 1 is 1.24 bits per heavy atom. The average molecular weight is 226 g/mol. The Kier molecular flexibility index (Phi) is 3.19. The molecule has 0 aliphatic heterocycles. The fraction of sp³-hybridized carbons (Fsp3) is 0.143. The topological polar surface area (TPSA) is 33.2 Å². The number of rotatable bonds is 3. The third-order valence-electron chi connectivity index (χ3n) is 2.75. The van der Waals surface area contributed by atoms with E-state index in [0.717, 1.165) is 23.4 Å². The van der Waals surface area contributed by atoms with Gasteiger partial charge in [-0.15, -0.1) is 0 Å². The van der Waals surface area contributed by atoms with E-state index >= 15 is 0 Å². The number of anilines is 2. The minimum atomic E-state index is 0.634. The SMILES string of the molecule is Cc1cc(N(C)c2ccccc2)ncc1C=O. The van der Waals surface area contributed by atoms with E-state index in [1.54, 1.807) is 6.20 Å². The molecule has 0 N–H and O–H groups in total. The van der Waals surface area contributed by atoms with Crippen molar-refractivity contribution in [1.82, 2.24) is 4.98 Å². The molecular formula is C14H14N2O. The van der Waals surface area contributed by atoms with E-state index in [1.165, 1.54) is 0 Å². The summed E-state index contributed by atoms with van der Waals surface area (Å²) in [6.45, 7) is 1.91. The molecule has 0 bridgehead atoms. The van der Waals surface area contributed by atoms with E-state index in [0.29, 0.717) is 5.56 Å². The lowest BCUT2D eigenvalue weighted by Crippen LogP contribution is -2.11. The lowest BCUT2D eigenvalue weighted by Gasteiger charge is -2.18. The minimum Gasteiger partial charge on any atom is -0.329 e. The highest BCUT2D eigenvalue weighted by atomic mass is 16.1. The molecule has 0 aliphatic carbocycles. The number of carbonyl (C=O) groups is 1. The molecule has 0 saturated heterocycles. The highest BCUT2D eigenvalue weighted by Crippen LogP contribution is 2.22. The van der Waals surface area contributed by atoms with Gasteiger partial charge in [0.1, 0.15) is 5.82 Å². The van der Waals surface area contributed by atoms with Crippen molar-refractivity contribution in [3.05, 3.63) is 53.7 Å². The first kappa shape index (κ1) is 11.3. The van der Waals surface area contributed by atoms with Crippen molar-refractivity contribution in [2.24, 2.45) is 0 Å². The van der Waals surface area contributed by atoms with Gasteiger partial charge in [-0.2, -0.15) is 0 Å². The zero-order chi connectivity index (χ0) is 12.3. The lowest BCUT2D eigenvalue weighted by molar-refractivity contribution is 0.112. The van der Waals surface area contributed by atoms with Crippen LogP contribution in [0.4, 0.5) is 11.5 Å². The van der Waals surface area contributed by atoms with Gasteiger partial charge in [0.05, 0.1) is 0 Å². The number of nitrogens with zero attached hydrogens (tertiary/aromatic N) is 2. The lowest BCUT2D eigenvalue weighted by atomic mass is 10.2. The predicted molar refractivity (Wildman–Crippen MR) is 68.9 cm³/mol. The van der Waals surface area contributed by atoms with Crippen LogP contribution in [0.5, 0.6) is 0 Å². The molecule has 2 aromatic rings. The maximum atomic E-state index is 10.7. The van der Waals surface area contributed by atoms with Crippen molar-refractivity contribution in [2.75, 3.05) is 11.9 Å². The highest BCUT2D eigenvalue weighted by Gasteiger charge is 2.06. The first-order chi connectivity index (χ1) is 8.22. The number of hydrogen-bond donors (Lipinski definition) is 0. The second-order valence-electron chi connectivity index (χ2n) is 3.91. The summed E-state index contributed by atoms with van der Waals surface area (Å²) in [6, 6.07) is 11.9. The molecule has 3 heteroatoms. The van der Waals surface area contributed by atoms with Crippen LogP contribution in [0.3, 0.4) is 0 Å². The van der Waals surface area contributed by atoms with Gasteiger partial charge in [-0.3, -0.25) is 4.79 Å². The molecular weight excluding hydrogens is 212 g/mol. The molecule has 3 nitrogen and oxygen atoms in total. The van der Waals surface area contributed by atoms with E-state index < -0.39 is 0 Å². The zero-order valence-corrected chi connectivity index (χ0v) is 9.92. The molecule has 0 unspecified atom stereocenters. The third-order valence-corrected chi connectivity index (χ3v) is 2.75. The molecule has 0 aliphatic rings. The molecule has 0 radical (unpaired) electrons. The van der Waals surface area contributed by atoms with Crippen LogP contribution in [0.1, 0.15) is 15.9 Å². The second-order valence-corrected chi connectivity index (χ2v) is 3.91. The molecule has 1 heterocycles. The summed E-state index contributed by atoms with van der Waals surface area (Å²) in [4.78, 5) is 17.0. The number of pyridine rings is 1. The molecule has 0 amide bonds. The van der Waals surface area contributed by atoms with Gasteiger partial charge in [-0.1, -0.05) is 18.2 Å². The standard InChI is InChI=1S/C14H14N2O/c1-11-8-14(15-9-12(11)10-17)16(2)13-6-4-3-5-7-13/h3-10H,1-2H3. The normalized spacial score (nSPS) is 10.0. The predicted octanol–water partition coefficient (Wildman–Crippen LogP) is 2.97. The fourth-order valence-electron chi connectivity index (χ4n) is 1.64. The van der Waals surface area contributed by atoms with Gasteiger partial charge in [0.15, 0.2) is 6.29 Å². The summed E-state index contributed by atoms with van der Waals surface area (Å²) in [5, 5.41) is 0. The summed E-state index contributed by atoms with van der Waals surface area (Å²) in [5.74, 6) is 0.833. The van der Waals surface area contributed by atoms with E-state index in [9.17, 15) is 4.79 Å². The molecule has 0 saturated carbocycles. The van der Waals surface area contributed by atoms with Crippen molar-refractivity contribution >= 4 is 17.8 Å². The number of benzene rings is 1. The summed E-state index contributed by atoms with van der Waals surface area (Å²) >= 11 is 0. The van der Waals surface area contributed by atoms with Crippen LogP contribution in [0.15, 0.2) is 42.6 Å². The van der Waals surface area contributed by atoms with Gasteiger partial charge in [-0.05, 0) is 30.7 Å². The molecule has 1 aromatic carbocycles. The minimum absolute atomic E-state index is 0.634. The van der Waals surface area contributed by atoms with Crippen molar-refractivity contribution in [2.45, 2.75) is 6.92 Å². The first-order valence-corrected chi connectivity index (χ1v) is 5.43. The average Bonchev–Trinajstić information content (AvgIpc) is 2.39. The van der Waals surface area contributed by atoms with Crippen LogP contribution in [0.25, 0.3) is 0 Å². The summed E-state index contributed by atoms with van der Waals surface area (Å²) in [7, 11) is 1.96. The van der Waals surface area contributed by atoms with Crippen LogP contribution < -0.4 is 4.90 Å². The molecule has 1 aromatic heterocycles. The Balaban J connectivity index is 2.35. The fourth-order valence-corrected chi connectivity index (χ4v) is 1.64. The summed E-state index contributed by atoms with van der Waals surface area (Å²) in [5.41, 5.74) is 2.64. The maximum absolute atomic E-state index is 10.7. The Labute approximate surface area is 101 Å². The quantitative estimate of drug-likeness (QED) is 0.754. The smallest absolute Gasteiger partial charge is 0.151 e. The van der Waals surface area contributed by atoms with Crippen molar-refractivity contribution in [3.8, 4) is 0 Å². The summed E-state index contributed by atoms with van der Waals surface area (Å²) < 4.78 is 0. The van der Waals surface area contributed by atoms with Gasteiger partial charge in [0.2, 0.25) is 0 Å². The first-order valence-electron chi connectivity index (χ1n) is 5.43. The van der Waals surface area contributed by atoms with Gasteiger partial charge in [0.25, 0.3) is 0 Å². The molecule has 0 atom stereocenters. The zero-order valence-electron chi connectivity index (χ0n) is 9.92. The highest BCUT2D eigenvalue weighted by molar-refractivity contribution is 5.77. The Bertz CT molecular complexity index is 523. The van der Waals surface area contributed by atoms with Gasteiger partial charge in [-0.25, -0.2) is 4.98 Å². The molecule has 2 rings (SSSR count). The number of aromatic nitrogens is 1. The number of hydrogen-bond acceptors (Lipinski definition) is 3. The number of aldehydes is 1. The largest absolute Gasteiger partial charge is 0.329 e. The van der Waals surface area contributed by atoms with Gasteiger partial charge in [0, 0.05) is 24.5 Å². The monoisotopic (exact) mass is 226 g/mol. The van der Waals surface area contributed by atoms with Crippen LogP contribution >= 0.6 is 0 Å². The van der Waals surface area contributed by atoms with E-state index in [1.807, 2.05) is 55.3 Å². The van der Waals surface area contributed by atoms with Gasteiger partial charge >= 0.3 is 0 Å². The second kappa shape index (κ2) is 4.78. The van der Waals surface area contributed by atoms with Crippen molar-refractivity contribution in [1.29, 1.82) is 0 Å². The Hall–Kier alpha value is -2.16. The van der Waals surface area contributed by atoms with Crippen molar-refractivity contribution < 1.29 is 4.79 Å². The van der Waals surface area contributed by atoms with Gasteiger partial charge < -0.3 is 4.90 Å². The van der Waals surface area contributed by atoms with E-state index in [2.05, 4.69) is 4.98 Å².